The van der Waals surface area contributed by atoms with Crippen LogP contribution in [0.4, 0.5) is 11.4 Å². The number of thioether (sulfide) groups is 5. The molecule has 14 rings (SSSR count). The lowest BCUT2D eigenvalue weighted by Crippen LogP contribution is -2.25. The van der Waals surface area contributed by atoms with Crippen molar-refractivity contribution in [3.05, 3.63) is 310 Å². The average molecular weight is 1690 g/mol. The van der Waals surface area contributed by atoms with Crippen LogP contribution < -0.4 is 14.4 Å². The summed E-state index contributed by atoms with van der Waals surface area (Å²) in [4.78, 5) is 110. The smallest absolute Gasteiger partial charge is 0.271 e. The molecule has 588 valence electrons. The minimum absolute atomic E-state index is 0.00101. The number of non-ortho nitro benzene ring substituents is 1. The van der Waals surface area contributed by atoms with Crippen LogP contribution in [0.5, 0.6) is 11.5 Å². The number of anilines is 1. The van der Waals surface area contributed by atoms with Gasteiger partial charge in [-0.3, -0.25) is 68.9 Å². The molecule has 5 aliphatic rings. The molecule has 0 spiro atoms. The number of hydrogen-bond donors (Lipinski definition) is 0. The summed E-state index contributed by atoms with van der Waals surface area (Å²) in [7, 11) is 5.19. The van der Waals surface area contributed by atoms with Crippen molar-refractivity contribution in [1.29, 1.82) is 0 Å². The van der Waals surface area contributed by atoms with Crippen LogP contribution in [0.2, 0.25) is 0 Å². The number of rotatable bonds is 27. The van der Waals surface area contributed by atoms with Gasteiger partial charge in [0.05, 0.1) is 44.3 Å². The van der Waals surface area contributed by atoms with Crippen molar-refractivity contribution in [1.82, 2.24) is 24.6 Å². The number of pyridine rings is 1. The second-order valence-corrected chi connectivity index (χ2v) is 33.7. The Morgan fingerprint density at radius 1 is 0.456 bits per heavy atom. The highest BCUT2D eigenvalue weighted by Gasteiger charge is 2.30. The number of ether oxygens (including phenoxy) is 2. The number of nitrogens with zero attached hydrogens (tertiary/aromatic N) is 12. The van der Waals surface area contributed by atoms with Crippen molar-refractivity contribution >= 4 is 170 Å². The van der Waals surface area contributed by atoms with Crippen LogP contribution in [0.25, 0.3) is 0 Å². The van der Waals surface area contributed by atoms with Crippen molar-refractivity contribution in [2.45, 2.75) is 26.3 Å². The number of aryl methyl sites for hydroxylation is 1. The zero-order chi connectivity index (χ0) is 80.9. The standard InChI is InChI=1S/C20H22N2O3S2.C18H16N4O3S.C18H18N2OS2.C17H16N2OS2.C11H12N2OS2/c1-14-13-27-20(21-12-16(23)19-5-4-10-26-19)22(14)9-8-15-6-7-17(24-2)18(11-15)25-3;1-12-5-6-15(22(24)25)8-16(12)21-13(2)11-26-18(21)20-10-17(23)14-4-3-7-19-9-14;1-14-13-23-18(19-12-16(21)17-8-5-11-22-17)20(14)10-9-15-6-3-2-4-7-15;1-13-12-22-17(18-10-15(20)16-8-5-9-21-16)19(13)11-14-6-3-2-4-7-14;1-8-7-16-11(13(8)2)12-6-9(14)10-4-3-5-15-10/h4-7,10-11H,1,8-9,12-13H2,2-3H3;3-9H,2,10-11H2,1H3;2-8,11H,1,9-10,12-13H2;2-9H,1,10-12H2;3-5H,1,6-7H2,2H3. The Kier molecular flexibility index (Phi) is 33.4. The van der Waals surface area contributed by atoms with Crippen LogP contribution in [-0.4, -0.2) is 180 Å². The van der Waals surface area contributed by atoms with E-state index in [9.17, 15) is 34.1 Å². The molecule has 5 saturated heterocycles. The number of ketones is 5. The quantitative estimate of drug-likeness (QED) is 0.0264. The van der Waals surface area contributed by atoms with Crippen molar-refractivity contribution < 1.29 is 38.4 Å². The number of nitro benzene ring substituents is 1. The van der Waals surface area contributed by atoms with E-state index in [1.807, 2.05) is 131 Å². The molecule has 0 aliphatic carbocycles. The number of carbonyl (C=O) groups excluding carboxylic acids is 5. The third-order valence-corrected chi connectivity index (χ3v) is 26.4. The normalized spacial score (nSPS) is 16.2. The third-order valence-electron chi connectivity index (χ3n) is 17.3. The Morgan fingerprint density at radius 2 is 0.886 bits per heavy atom. The van der Waals surface area contributed by atoms with E-state index < -0.39 is 4.92 Å². The molecule has 9 aromatic rings. The van der Waals surface area contributed by atoms with Crippen LogP contribution in [0, 0.1) is 17.0 Å². The summed E-state index contributed by atoms with van der Waals surface area (Å²) in [6, 6.07) is 49.5. The summed E-state index contributed by atoms with van der Waals surface area (Å²) >= 11 is 13.8. The number of benzene rings is 4. The highest BCUT2D eigenvalue weighted by Crippen LogP contribution is 2.37. The molecule has 10 heterocycles. The van der Waals surface area contributed by atoms with E-state index in [2.05, 4.69) is 114 Å². The molecule has 4 aromatic carbocycles. The van der Waals surface area contributed by atoms with Crippen LogP contribution in [0.3, 0.4) is 0 Å². The Bertz CT molecular complexity index is 5040. The predicted octanol–water partition coefficient (Wildman–Crippen LogP) is 18.3. The summed E-state index contributed by atoms with van der Waals surface area (Å²) < 4.78 is 10.7. The van der Waals surface area contributed by atoms with Gasteiger partial charge in [0.1, 0.15) is 32.7 Å². The first-order valence-electron chi connectivity index (χ1n) is 35.6. The number of hydrogen-bond acceptors (Lipinski definition) is 24. The van der Waals surface area contributed by atoms with Gasteiger partial charge >= 0.3 is 0 Å². The molecule has 0 amide bonds. The largest absolute Gasteiger partial charge is 0.493 e. The number of carbonyl (C=O) groups is 5. The van der Waals surface area contributed by atoms with Crippen molar-refractivity contribution in [3.63, 3.8) is 0 Å². The first-order valence-corrected chi connectivity index (χ1v) is 44.1. The Labute approximate surface area is 701 Å². The molecule has 5 fully saturated rings. The molecule has 0 atom stereocenters. The topological polar surface area (TPSA) is 238 Å². The number of thiophene rings is 4. The number of aromatic nitrogens is 1. The van der Waals surface area contributed by atoms with E-state index in [1.54, 1.807) is 90.6 Å². The SMILES string of the molecule is C=C1CSC(=NCC(=O)c2cccnc2)N1c1cc([N+](=O)[O-])ccc1C.C=C1CSC(=NCC(=O)c2cccs2)N1C.C=C1CSC(=NCC(=O)c2cccs2)N1CCc1ccc(OC)c(OC)c1.C=C1CSC(=NCC(=O)c2cccs2)N1CCc1ccccc1.C=C1CSC(=NCC(=O)c2cccs2)N1Cc1ccccc1. The maximum Gasteiger partial charge on any atom is 0.271 e. The van der Waals surface area contributed by atoms with Gasteiger partial charge in [-0.2, -0.15) is 0 Å². The zero-order valence-corrected chi connectivity index (χ0v) is 70.7. The van der Waals surface area contributed by atoms with Crippen molar-refractivity contribution in [2.75, 3.05) is 101 Å². The Balaban J connectivity index is 0.000000152. The summed E-state index contributed by atoms with van der Waals surface area (Å²) in [6.45, 7) is 25.3. The first kappa shape index (κ1) is 86.4. The van der Waals surface area contributed by atoms with E-state index in [4.69, 9.17) is 9.47 Å². The monoisotopic (exact) mass is 1690 g/mol. The van der Waals surface area contributed by atoms with E-state index in [0.717, 1.165) is 147 Å². The summed E-state index contributed by atoms with van der Waals surface area (Å²) in [5, 5.41) is 22.9. The van der Waals surface area contributed by atoms with Crippen LogP contribution >= 0.6 is 104 Å². The van der Waals surface area contributed by atoms with E-state index in [1.165, 1.54) is 86.6 Å². The van der Waals surface area contributed by atoms with Crippen LogP contribution in [0.1, 0.15) is 71.3 Å². The molecule has 5 aliphatic heterocycles. The Hall–Kier alpha value is -10.0. The fourth-order valence-corrected chi connectivity index (χ4v) is 18.5. The van der Waals surface area contributed by atoms with Gasteiger partial charge in [-0.25, -0.2) is 0 Å². The lowest BCUT2D eigenvalue weighted by molar-refractivity contribution is -0.384. The lowest BCUT2D eigenvalue weighted by atomic mass is 10.1. The molecule has 5 aromatic heterocycles. The van der Waals surface area contributed by atoms with E-state index >= 15 is 0 Å². The number of aliphatic imine (C=N–C) groups is 5. The second kappa shape index (κ2) is 44.0. The fourth-order valence-electron chi connectivity index (χ4n) is 11.1. The van der Waals surface area contributed by atoms with Crippen LogP contribution in [-0.2, 0) is 19.4 Å². The molecular formula is C84H84N12O9S9. The van der Waals surface area contributed by atoms with Crippen molar-refractivity contribution in [3.8, 4) is 11.5 Å². The van der Waals surface area contributed by atoms with Gasteiger partial charge < -0.3 is 29.1 Å². The van der Waals surface area contributed by atoms with E-state index in [-0.39, 0.29) is 67.3 Å². The number of methoxy groups -OCH3 is 2. The number of amidine groups is 5. The van der Waals surface area contributed by atoms with Gasteiger partial charge in [0.25, 0.3) is 5.69 Å². The summed E-state index contributed by atoms with van der Waals surface area (Å²) in [6.07, 6.45) is 4.87. The molecule has 0 unspecified atom stereocenters. The average Bonchev–Trinajstić information content (AvgIpc) is 1.60. The summed E-state index contributed by atoms with van der Waals surface area (Å²) in [5.41, 5.74) is 10.6. The van der Waals surface area contributed by atoms with Crippen LogP contribution in [0.15, 0.2) is 278 Å². The Morgan fingerprint density at radius 3 is 1.34 bits per heavy atom. The maximum absolute atomic E-state index is 12.2. The van der Waals surface area contributed by atoms with E-state index in [0.29, 0.717) is 22.2 Å². The molecule has 0 bridgehead atoms. The van der Waals surface area contributed by atoms with Gasteiger partial charge in [-0.05, 0) is 112 Å². The van der Waals surface area contributed by atoms with Gasteiger partial charge in [0.15, 0.2) is 66.3 Å². The van der Waals surface area contributed by atoms with Gasteiger partial charge in [0, 0.05) is 114 Å². The van der Waals surface area contributed by atoms with Gasteiger partial charge in [-0.15, -0.1) is 45.3 Å². The third kappa shape index (κ3) is 25.0. The van der Waals surface area contributed by atoms with Gasteiger partial charge in [-0.1, -0.05) is 189 Å². The molecular weight excluding hydrogens is 1610 g/mol. The molecule has 114 heavy (non-hydrogen) atoms. The number of Topliss-reactive ketones (excluding diaryl/α,β-unsaturated/α-hetero) is 5. The zero-order valence-electron chi connectivity index (χ0n) is 63.3. The lowest BCUT2D eigenvalue weighted by Gasteiger charge is -2.21. The highest BCUT2D eigenvalue weighted by molar-refractivity contribution is 8.15. The number of nitro groups is 1. The predicted molar refractivity (Wildman–Crippen MR) is 480 cm³/mol. The molecule has 0 N–H and O–H groups in total. The molecule has 21 nitrogen and oxygen atoms in total. The highest BCUT2D eigenvalue weighted by atomic mass is 32.2. The second-order valence-electron chi connectivity index (χ2n) is 25.2. The molecule has 30 heteroatoms. The van der Waals surface area contributed by atoms with Gasteiger partial charge in [0.2, 0.25) is 0 Å². The molecule has 0 saturated carbocycles. The summed E-state index contributed by atoms with van der Waals surface area (Å²) in [5.74, 6) is 5.54. The minimum Gasteiger partial charge on any atom is -0.493 e. The minimum atomic E-state index is -0.433. The van der Waals surface area contributed by atoms with Crippen molar-refractivity contribution in [2.24, 2.45) is 25.0 Å². The first-order chi connectivity index (χ1) is 55.2. The maximum atomic E-state index is 12.2. The molecule has 0 radical (unpaired) electrons. The fraction of sp³-hybridized carbons (Fsp3) is 0.226.